The molecule has 0 bridgehead atoms. The van der Waals surface area contributed by atoms with Gasteiger partial charge in [-0.1, -0.05) is 30.3 Å². The van der Waals surface area contributed by atoms with Gasteiger partial charge in [0, 0.05) is 5.54 Å². The van der Waals surface area contributed by atoms with Gasteiger partial charge >= 0.3 is 12.0 Å². The van der Waals surface area contributed by atoms with Crippen LogP contribution in [0.4, 0.5) is 4.79 Å². The zero-order valence-electron chi connectivity index (χ0n) is 11.7. The quantitative estimate of drug-likeness (QED) is 0.772. The zero-order valence-corrected chi connectivity index (χ0v) is 11.7. The van der Waals surface area contributed by atoms with E-state index in [1.54, 1.807) is 30.3 Å². The van der Waals surface area contributed by atoms with Gasteiger partial charge in [0.05, 0.1) is 0 Å². The summed E-state index contributed by atoms with van der Waals surface area (Å²) in [7, 11) is 0. The monoisotopic (exact) mass is 276 g/mol. The van der Waals surface area contributed by atoms with Crippen molar-refractivity contribution in [1.82, 2.24) is 10.6 Å². The first-order valence-electron chi connectivity index (χ1n) is 6.76. The van der Waals surface area contributed by atoms with Gasteiger partial charge in [-0.3, -0.25) is 0 Å². The van der Waals surface area contributed by atoms with Crippen LogP contribution in [0.2, 0.25) is 0 Å². The van der Waals surface area contributed by atoms with Crippen LogP contribution in [0, 0.1) is 5.92 Å². The lowest BCUT2D eigenvalue weighted by molar-refractivity contribution is -0.139. The number of carbonyl (C=O) groups excluding carboxylic acids is 1. The van der Waals surface area contributed by atoms with Gasteiger partial charge in [-0.05, 0) is 38.2 Å². The van der Waals surface area contributed by atoms with Crippen molar-refractivity contribution in [3.05, 3.63) is 35.9 Å². The molecule has 108 valence electrons. The Bertz CT molecular complexity index is 495. The molecule has 20 heavy (non-hydrogen) atoms. The number of hydrogen-bond acceptors (Lipinski definition) is 2. The van der Waals surface area contributed by atoms with Crippen LogP contribution in [0.5, 0.6) is 0 Å². The van der Waals surface area contributed by atoms with Crippen LogP contribution < -0.4 is 10.6 Å². The molecular formula is C15H20N2O3. The SMILES string of the molecule is CC(C)(NC(=O)N[C@H](C(=O)O)c1ccccc1)C1CC1. The highest BCUT2D eigenvalue weighted by Crippen LogP contribution is 2.39. The Morgan fingerprint density at radius 3 is 2.35 bits per heavy atom. The van der Waals surface area contributed by atoms with Crippen LogP contribution in [-0.4, -0.2) is 22.6 Å². The van der Waals surface area contributed by atoms with Crippen molar-refractivity contribution in [1.29, 1.82) is 0 Å². The van der Waals surface area contributed by atoms with Gasteiger partial charge in [-0.15, -0.1) is 0 Å². The number of benzene rings is 1. The third kappa shape index (κ3) is 3.50. The van der Waals surface area contributed by atoms with E-state index < -0.39 is 18.0 Å². The molecule has 3 N–H and O–H groups in total. The Labute approximate surface area is 118 Å². The van der Waals surface area contributed by atoms with E-state index in [-0.39, 0.29) is 5.54 Å². The number of rotatable bonds is 5. The number of carboxylic acids is 1. The van der Waals surface area contributed by atoms with Crippen molar-refractivity contribution in [2.75, 3.05) is 0 Å². The lowest BCUT2D eigenvalue weighted by atomic mass is 9.99. The maximum Gasteiger partial charge on any atom is 0.330 e. The predicted octanol–water partition coefficient (Wildman–Crippen LogP) is 2.30. The van der Waals surface area contributed by atoms with E-state index in [0.29, 0.717) is 11.5 Å². The molecule has 0 unspecified atom stereocenters. The molecule has 1 aromatic rings. The largest absolute Gasteiger partial charge is 0.479 e. The van der Waals surface area contributed by atoms with E-state index in [4.69, 9.17) is 0 Å². The minimum absolute atomic E-state index is 0.302. The Balaban J connectivity index is 2.01. The summed E-state index contributed by atoms with van der Waals surface area (Å²) in [6.45, 7) is 3.92. The van der Waals surface area contributed by atoms with Crippen molar-refractivity contribution in [2.24, 2.45) is 5.92 Å². The van der Waals surface area contributed by atoms with Gasteiger partial charge in [0.15, 0.2) is 6.04 Å². The fraction of sp³-hybridized carbons (Fsp3) is 0.467. The topological polar surface area (TPSA) is 78.4 Å². The summed E-state index contributed by atoms with van der Waals surface area (Å²) in [5, 5.41) is 14.6. The molecule has 0 aromatic heterocycles. The Kier molecular flexibility index (Phi) is 3.97. The first kappa shape index (κ1) is 14.4. The molecule has 1 aliphatic rings. The smallest absolute Gasteiger partial charge is 0.330 e. The normalized spacial score (nSPS) is 16.3. The molecule has 2 rings (SSSR count). The number of carboxylic acid groups (broad SMARTS) is 1. The Morgan fingerprint density at radius 1 is 1.25 bits per heavy atom. The van der Waals surface area contributed by atoms with Crippen molar-refractivity contribution in [3.63, 3.8) is 0 Å². The molecule has 0 radical (unpaired) electrons. The van der Waals surface area contributed by atoms with Crippen LogP contribution in [-0.2, 0) is 4.79 Å². The summed E-state index contributed by atoms with van der Waals surface area (Å²) in [4.78, 5) is 23.3. The maximum absolute atomic E-state index is 12.0. The number of hydrogen-bond donors (Lipinski definition) is 3. The number of carbonyl (C=O) groups is 2. The van der Waals surface area contributed by atoms with Crippen LogP contribution in [0.25, 0.3) is 0 Å². The number of aliphatic carboxylic acids is 1. The first-order chi connectivity index (χ1) is 9.40. The lowest BCUT2D eigenvalue weighted by Gasteiger charge is -2.27. The van der Waals surface area contributed by atoms with E-state index in [1.807, 2.05) is 13.8 Å². The second kappa shape index (κ2) is 5.53. The molecule has 0 heterocycles. The Morgan fingerprint density at radius 2 is 1.85 bits per heavy atom. The van der Waals surface area contributed by atoms with Crippen LogP contribution in [0.15, 0.2) is 30.3 Å². The van der Waals surface area contributed by atoms with Gasteiger partial charge in [-0.2, -0.15) is 0 Å². The Hall–Kier alpha value is -2.04. The maximum atomic E-state index is 12.0. The van der Waals surface area contributed by atoms with Gasteiger partial charge < -0.3 is 15.7 Å². The highest BCUT2D eigenvalue weighted by molar-refractivity contribution is 5.84. The predicted molar refractivity (Wildman–Crippen MR) is 75.3 cm³/mol. The molecule has 5 nitrogen and oxygen atoms in total. The van der Waals surface area contributed by atoms with Gasteiger partial charge in [0.1, 0.15) is 0 Å². The molecule has 1 fully saturated rings. The first-order valence-corrected chi connectivity index (χ1v) is 6.76. The molecule has 1 aliphatic carbocycles. The second-order valence-corrected chi connectivity index (χ2v) is 5.78. The van der Waals surface area contributed by atoms with Crippen LogP contribution in [0.3, 0.4) is 0 Å². The molecule has 2 amide bonds. The lowest BCUT2D eigenvalue weighted by Crippen LogP contribution is -2.51. The fourth-order valence-electron chi connectivity index (χ4n) is 2.30. The summed E-state index contributed by atoms with van der Waals surface area (Å²) in [6.07, 6.45) is 2.21. The van der Waals surface area contributed by atoms with E-state index in [0.717, 1.165) is 12.8 Å². The molecule has 1 aromatic carbocycles. The van der Waals surface area contributed by atoms with Crippen molar-refractivity contribution in [2.45, 2.75) is 38.3 Å². The molecule has 1 atom stereocenters. The third-order valence-corrected chi connectivity index (χ3v) is 3.69. The average molecular weight is 276 g/mol. The number of urea groups is 1. The van der Waals surface area contributed by atoms with E-state index in [9.17, 15) is 14.7 Å². The van der Waals surface area contributed by atoms with Crippen molar-refractivity contribution in [3.8, 4) is 0 Å². The van der Waals surface area contributed by atoms with E-state index in [1.165, 1.54) is 0 Å². The van der Waals surface area contributed by atoms with E-state index >= 15 is 0 Å². The second-order valence-electron chi connectivity index (χ2n) is 5.78. The van der Waals surface area contributed by atoms with Crippen molar-refractivity contribution < 1.29 is 14.7 Å². The third-order valence-electron chi connectivity index (χ3n) is 3.69. The van der Waals surface area contributed by atoms with Crippen LogP contribution in [0.1, 0.15) is 38.3 Å². The zero-order chi connectivity index (χ0) is 14.8. The highest BCUT2D eigenvalue weighted by Gasteiger charge is 2.39. The molecule has 5 heteroatoms. The van der Waals surface area contributed by atoms with Crippen molar-refractivity contribution >= 4 is 12.0 Å². The number of amides is 2. The fourth-order valence-corrected chi connectivity index (χ4v) is 2.30. The highest BCUT2D eigenvalue weighted by atomic mass is 16.4. The molecule has 0 saturated heterocycles. The summed E-state index contributed by atoms with van der Waals surface area (Å²) in [5.41, 5.74) is 0.253. The van der Waals surface area contributed by atoms with Gasteiger partial charge in [0.2, 0.25) is 0 Å². The molecular weight excluding hydrogens is 256 g/mol. The summed E-state index contributed by atoms with van der Waals surface area (Å²) in [5.74, 6) is -0.594. The van der Waals surface area contributed by atoms with E-state index in [2.05, 4.69) is 10.6 Å². The van der Waals surface area contributed by atoms with Crippen LogP contribution >= 0.6 is 0 Å². The number of nitrogens with one attached hydrogen (secondary N) is 2. The minimum Gasteiger partial charge on any atom is -0.479 e. The molecule has 0 spiro atoms. The molecule has 0 aliphatic heterocycles. The van der Waals surface area contributed by atoms with Gasteiger partial charge in [0.25, 0.3) is 0 Å². The average Bonchev–Trinajstić information content (AvgIpc) is 3.20. The van der Waals surface area contributed by atoms with Gasteiger partial charge in [-0.25, -0.2) is 9.59 Å². The summed E-state index contributed by atoms with van der Waals surface area (Å²) >= 11 is 0. The summed E-state index contributed by atoms with van der Waals surface area (Å²) < 4.78 is 0. The summed E-state index contributed by atoms with van der Waals surface area (Å²) in [6, 6.07) is 7.19. The molecule has 1 saturated carbocycles. The standard InChI is InChI=1S/C15H20N2O3/c1-15(2,11-8-9-11)17-14(20)16-12(13(18)19)10-6-4-3-5-7-10/h3-7,11-12H,8-9H2,1-2H3,(H,18,19)(H2,16,17,20)/t12-/m0/s1. The minimum atomic E-state index is -1.07.